The normalized spacial score (nSPS) is 11.4. The summed E-state index contributed by atoms with van der Waals surface area (Å²) in [6, 6.07) is 0. The number of aromatic nitrogens is 2. The van der Waals surface area contributed by atoms with Crippen molar-refractivity contribution in [3.05, 3.63) is 12.0 Å². The van der Waals surface area contributed by atoms with Gasteiger partial charge in [-0.1, -0.05) is 0 Å². The van der Waals surface area contributed by atoms with Gasteiger partial charge in [0.15, 0.2) is 5.44 Å². The topological polar surface area (TPSA) is 113 Å². The van der Waals surface area contributed by atoms with Gasteiger partial charge < -0.3 is 19.5 Å². The van der Waals surface area contributed by atoms with Gasteiger partial charge >= 0.3 is 13.6 Å². The Hall–Kier alpha value is -1.17. The van der Waals surface area contributed by atoms with Crippen LogP contribution in [0.4, 0.5) is 0 Å². The number of carbonyl (C=O) groups is 1. The smallest absolute Gasteiger partial charge is 0.376 e. The van der Waals surface area contributed by atoms with E-state index in [2.05, 4.69) is 14.7 Å². The van der Waals surface area contributed by atoms with E-state index >= 15 is 0 Å². The van der Waals surface area contributed by atoms with Crippen LogP contribution in [0.1, 0.15) is 17.5 Å². The van der Waals surface area contributed by atoms with E-state index in [1.807, 2.05) is 0 Å². The van der Waals surface area contributed by atoms with Gasteiger partial charge in [0, 0.05) is 6.20 Å². The number of imidazole rings is 1. The number of hydrogen-bond donors (Lipinski definition) is 3. The number of H-pyrrole nitrogens is 1. The van der Waals surface area contributed by atoms with Gasteiger partial charge in [-0.05, 0) is 6.92 Å². The summed E-state index contributed by atoms with van der Waals surface area (Å²) >= 11 is 0. The summed E-state index contributed by atoms with van der Waals surface area (Å²) in [4.78, 5) is 34.1. The Morgan fingerprint density at radius 3 is 2.79 bits per heavy atom. The lowest BCUT2D eigenvalue weighted by atomic mass is 10.6. The second-order valence-corrected chi connectivity index (χ2v) is 3.92. The Bertz CT molecular complexity index is 381. The monoisotopic (exact) mass is 220 g/mol. The average molecular weight is 220 g/mol. The van der Waals surface area contributed by atoms with Gasteiger partial charge in [0.25, 0.3) is 0 Å². The summed E-state index contributed by atoms with van der Waals surface area (Å²) in [6.45, 7) is 1.79. The molecule has 1 aromatic rings. The highest BCUT2D eigenvalue weighted by atomic mass is 31.2. The molecule has 0 amide bonds. The minimum atomic E-state index is -4.41. The largest absolute Gasteiger partial charge is 0.460 e. The maximum absolute atomic E-state index is 11.0. The molecule has 0 spiro atoms. The van der Waals surface area contributed by atoms with Crippen molar-refractivity contribution in [1.82, 2.24) is 9.97 Å². The SMILES string of the molecule is CCOC(=O)c1nc(P(=O)(O)O)c[nH]1. The molecule has 8 heteroatoms. The molecular weight excluding hydrogens is 211 g/mol. The number of nitrogens with one attached hydrogen (secondary N) is 1. The minimum absolute atomic E-state index is 0.171. The summed E-state index contributed by atoms with van der Waals surface area (Å²) < 4.78 is 15.3. The number of ether oxygens (including phenoxy) is 1. The van der Waals surface area contributed by atoms with Crippen molar-refractivity contribution >= 4 is 19.0 Å². The predicted octanol–water partition coefficient (Wildman–Crippen LogP) is -0.611. The fourth-order valence-corrected chi connectivity index (χ4v) is 1.23. The molecule has 0 bridgehead atoms. The van der Waals surface area contributed by atoms with Crippen LogP contribution in [0.15, 0.2) is 6.20 Å². The molecule has 0 aliphatic carbocycles. The maximum atomic E-state index is 11.0. The Labute approximate surface area is 79.3 Å². The minimum Gasteiger partial charge on any atom is -0.460 e. The van der Waals surface area contributed by atoms with Gasteiger partial charge in [0.2, 0.25) is 5.82 Å². The molecule has 7 nitrogen and oxygen atoms in total. The van der Waals surface area contributed by atoms with Gasteiger partial charge in [-0.3, -0.25) is 4.57 Å². The van der Waals surface area contributed by atoms with Crippen LogP contribution in [0.5, 0.6) is 0 Å². The second kappa shape index (κ2) is 3.91. The highest BCUT2D eigenvalue weighted by Crippen LogP contribution is 2.31. The summed E-state index contributed by atoms with van der Waals surface area (Å²) in [5.74, 6) is -0.961. The number of hydrogen-bond acceptors (Lipinski definition) is 4. The second-order valence-electron chi connectivity index (χ2n) is 2.37. The zero-order chi connectivity index (χ0) is 10.8. The van der Waals surface area contributed by atoms with Crippen molar-refractivity contribution in [2.45, 2.75) is 6.92 Å². The number of esters is 1. The van der Waals surface area contributed by atoms with Crippen LogP contribution < -0.4 is 5.44 Å². The number of carbonyl (C=O) groups excluding carboxylic acids is 1. The first-order valence-corrected chi connectivity index (χ1v) is 5.35. The lowest BCUT2D eigenvalue weighted by Crippen LogP contribution is -2.10. The predicted molar refractivity (Wildman–Crippen MR) is 46.2 cm³/mol. The van der Waals surface area contributed by atoms with Crippen LogP contribution in [0.2, 0.25) is 0 Å². The fourth-order valence-electron chi connectivity index (χ4n) is 0.765. The van der Waals surface area contributed by atoms with E-state index in [9.17, 15) is 9.36 Å². The first-order valence-electron chi connectivity index (χ1n) is 3.73. The molecule has 0 saturated heterocycles. The molecule has 3 N–H and O–H groups in total. The Morgan fingerprint density at radius 1 is 1.71 bits per heavy atom. The molecule has 0 aliphatic heterocycles. The molecule has 0 aromatic carbocycles. The first kappa shape index (κ1) is 10.9. The zero-order valence-corrected chi connectivity index (χ0v) is 8.19. The van der Waals surface area contributed by atoms with E-state index in [-0.39, 0.29) is 12.4 Å². The fraction of sp³-hybridized carbons (Fsp3) is 0.333. The lowest BCUT2D eigenvalue weighted by molar-refractivity contribution is 0.0513. The van der Waals surface area contributed by atoms with E-state index in [1.165, 1.54) is 0 Å². The van der Waals surface area contributed by atoms with Crippen molar-refractivity contribution < 1.29 is 23.9 Å². The standard InChI is InChI=1S/C6H9N2O5P/c1-2-13-6(9)5-7-3-4(8-5)14(10,11)12/h3H,2H2,1H3,(H,7,8)(H2,10,11,12). The van der Waals surface area contributed by atoms with Crippen LogP contribution in [-0.2, 0) is 9.30 Å². The third-order valence-corrected chi connectivity index (χ3v) is 2.16. The number of rotatable bonds is 3. The van der Waals surface area contributed by atoms with Gasteiger partial charge in [-0.2, -0.15) is 0 Å². The van der Waals surface area contributed by atoms with Crippen molar-refractivity contribution in [2.24, 2.45) is 0 Å². The van der Waals surface area contributed by atoms with Gasteiger partial charge in [-0.15, -0.1) is 0 Å². The molecule has 0 unspecified atom stereocenters. The van der Waals surface area contributed by atoms with Crippen molar-refractivity contribution in [3.8, 4) is 0 Å². The first-order chi connectivity index (χ1) is 6.45. The third-order valence-electron chi connectivity index (χ3n) is 1.33. The molecule has 14 heavy (non-hydrogen) atoms. The van der Waals surface area contributed by atoms with Gasteiger partial charge in [-0.25, -0.2) is 9.78 Å². The summed E-state index contributed by atoms with van der Waals surface area (Å²) in [6.07, 6.45) is 0.979. The zero-order valence-electron chi connectivity index (χ0n) is 7.30. The summed E-state index contributed by atoms with van der Waals surface area (Å²) in [7, 11) is -4.41. The van der Waals surface area contributed by atoms with Gasteiger partial charge in [0.05, 0.1) is 6.61 Å². The van der Waals surface area contributed by atoms with Crippen molar-refractivity contribution in [1.29, 1.82) is 0 Å². The maximum Gasteiger partial charge on any atom is 0.376 e. The molecule has 0 atom stereocenters. The van der Waals surface area contributed by atoms with Crippen molar-refractivity contribution in [2.75, 3.05) is 6.61 Å². The van der Waals surface area contributed by atoms with Crippen LogP contribution in [0, 0.1) is 0 Å². The average Bonchev–Trinajstić information content (AvgIpc) is 2.51. The van der Waals surface area contributed by atoms with Crippen molar-refractivity contribution in [3.63, 3.8) is 0 Å². The van der Waals surface area contributed by atoms with Crippen LogP contribution in [0.25, 0.3) is 0 Å². The van der Waals surface area contributed by atoms with E-state index in [1.54, 1.807) is 6.92 Å². The Kier molecular flexibility index (Phi) is 3.05. The highest BCUT2D eigenvalue weighted by Gasteiger charge is 2.23. The molecular formula is C6H9N2O5P. The van der Waals surface area contributed by atoms with Crippen LogP contribution >= 0.6 is 7.60 Å². The third kappa shape index (κ3) is 2.41. The quantitative estimate of drug-likeness (QED) is 0.462. The Morgan fingerprint density at radius 2 is 2.36 bits per heavy atom. The highest BCUT2D eigenvalue weighted by molar-refractivity contribution is 7.60. The molecule has 0 saturated carbocycles. The summed E-state index contributed by atoms with van der Waals surface area (Å²) in [5.41, 5.74) is -0.472. The summed E-state index contributed by atoms with van der Waals surface area (Å²) in [5, 5.41) is 0. The molecule has 78 valence electrons. The molecule has 0 fully saturated rings. The van der Waals surface area contributed by atoms with Crippen LogP contribution in [0.3, 0.4) is 0 Å². The molecule has 1 aromatic heterocycles. The number of aromatic amines is 1. The molecule has 1 heterocycles. The van der Waals surface area contributed by atoms with E-state index in [4.69, 9.17) is 9.79 Å². The molecule has 0 aliphatic rings. The van der Waals surface area contributed by atoms with E-state index < -0.39 is 19.0 Å². The Balaban J connectivity index is 2.89. The number of nitrogens with zero attached hydrogens (tertiary/aromatic N) is 1. The van der Waals surface area contributed by atoms with E-state index in [0.29, 0.717) is 0 Å². The molecule has 0 radical (unpaired) electrons. The van der Waals surface area contributed by atoms with E-state index in [0.717, 1.165) is 6.20 Å². The van der Waals surface area contributed by atoms with Crippen LogP contribution in [-0.4, -0.2) is 32.3 Å². The molecule has 1 rings (SSSR count). The lowest BCUT2D eigenvalue weighted by Gasteiger charge is -1.97. The van der Waals surface area contributed by atoms with Gasteiger partial charge in [0.1, 0.15) is 0 Å².